The summed E-state index contributed by atoms with van der Waals surface area (Å²) in [5.41, 5.74) is 6.90. The molecule has 3 aliphatic heterocycles. The number of morpholine rings is 1. The van der Waals surface area contributed by atoms with Gasteiger partial charge in [-0.15, -0.1) is 0 Å². The van der Waals surface area contributed by atoms with Gasteiger partial charge in [0.05, 0.1) is 41.5 Å². The molecule has 1 unspecified atom stereocenters. The minimum Gasteiger partial charge on any atom is -0.378 e. The van der Waals surface area contributed by atoms with Crippen LogP contribution in [0, 0.1) is 5.92 Å². The van der Waals surface area contributed by atoms with Gasteiger partial charge in [0.25, 0.3) is 5.91 Å². The number of benzene rings is 2. The van der Waals surface area contributed by atoms with Crippen LogP contribution in [0.4, 0.5) is 0 Å². The van der Waals surface area contributed by atoms with Crippen molar-refractivity contribution in [3.63, 3.8) is 0 Å². The lowest BCUT2D eigenvalue weighted by Crippen LogP contribution is -2.55. The van der Waals surface area contributed by atoms with E-state index in [1.54, 1.807) is 11.8 Å². The monoisotopic (exact) mass is 674 g/mol. The van der Waals surface area contributed by atoms with E-state index in [0.29, 0.717) is 30.4 Å². The number of aromatic nitrogens is 3. The summed E-state index contributed by atoms with van der Waals surface area (Å²) < 4.78 is 44.9. The number of imidazole rings is 1. The molecule has 5 heterocycles. The average Bonchev–Trinajstić information content (AvgIpc) is 3.74. The Hall–Kier alpha value is -3.78. The second-order valence-corrected chi connectivity index (χ2v) is 15.3. The predicted molar refractivity (Wildman–Crippen MR) is 181 cm³/mol. The Bertz CT molecular complexity index is 2040. The third-order valence-corrected chi connectivity index (χ3v) is 11.9. The zero-order valence-corrected chi connectivity index (χ0v) is 28.3. The first-order valence-electron chi connectivity index (χ1n) is 17.1. The lowest BCUT2D eigenvalue weighted by atomic mass is 9.88. The van der Waals surface area contributed by atoms with Crippen molar-refractivity contribution in [3.05, 3.63) is 53.1 Å². The fourth-order valence-electron chi connectivity index (χ4n) is 8.08. The summed E-state index contributed by atoms with van der Waals surface area (Å²) in [6, 6.07) is 12.2. The summed E-state index contributed by atoms with van der Waals surface area (Å²) in [5, 5.41) is 1.19. The molecule has 48 heavy (non-hydrogen) atoms. The van der Waals surface area contributed by atoms with Crippen LogP contribution in [-0.2, 0) is 39.8 Å². The van der Waals surface area contributed by atoms with Crippen molar-refractivity contribution in [1.82, 2.24) is 28.2 Å². The Morgan fingerprint density at radius 3 is 2.56 bits per heavy atom. The number of rotatable bonds is 7. The number of likely N-dealkylation sites (tertiary alicyclic amines) is 1. The molecule has 1 atom stereocenters. The van der Waals surface area contributed by atoms with E-state index in [1.165, 1.54) is 29.3 Å². The maximum atomic E-state index is 13.8. The quantitative estimate of drug-likeness (QED) is 0.295. The van der Waals surface area contributed by atoms with Crippen LogP contribution in [0.25, 0.3) is 33.5 Å². The van der Waals surface area contributed by atoms with Crippen molar-refractivity contribution in [2.45, 2.75) is 57.5 Å². The normalized spacial score (nSPS) is 21.4. The SMILES string of the molecule is CC(=O)N1CCC(c2cccc3cc(-c4nc5cc6c(cc5n4C)CCN(CC4COCCN4S(=O)(=O)O)C6=O)n(CC4CC4)c23)CC1. The molecule has 4 aromatic rings. The molecule has 0 radical (unpaired) electrons. The molecule has 2 aromatic carbocycles. The van der Waals surface area contributed by atoms with Gasteiger partial charge in [-0.25, -0.2) is 4.98 Å². The molecular weight excluding hydrogens is 632 g/mol. The molecule has 2 amide bonds. The van der Waals surface area contributed by atoms with Crippen molar-refractivity contribution in [2.24, 2.45) is 13.0 Å². The number of amides is 2. The highest BCUT2D eigenvalue weighted by atomic mass is 32.2. The number of nitrogens with zero attached hydrogens (tertiary/aromatic N) is 6. The summed E-state index contributed by atoms with van der Waals surface area (Å²) in [6.45, 7) is 5.11. The van der Waals surface area contributed by atoms with E-state index in [1.807, 2.05) is 18.0 Å². The van der Waals surface area contributed by atoms with Gasteiger partial charge in [0.1, 0.15) is 0 Å². The van der Waals surface area contributed by atoms with Gasteiger partial charge < -0.3 is 23.7 Å². The van der Waals surface area contributed by atoms with E-state index in [2.05, 4.69) is 39.5 Å². The van der Waals surface area contributed by atoms with Gasteiger partial charge in [0.2, 0.25) is 5.91 Å². The van der Waals surface area contributed by atoms with Gasteiger partial charge in [-0.1, -0.05) is 18.2 Å². The fourth-order valence-corrected chi connectivity index (χ4v) is 8.89. The summed E-state index contributed by atoms with van der Waals surface area (Å²) in [6.07, 6.45) is 4.98. The molecule has 8 rings (SSSR count). The number of carbonyl (C=O) groups excluding carboxylic acids is 2. The van der Waals surface area contributed by atoms with Crippen molar-refractivity contribution in [1.29, 1.82) is 0 Å². The standard InChI is InChI=1S/C35H42N6O6S/c1-22(42)38-11-8-24(9-12-38)28-5-3-4-26-17-32(40(33(26)28)19-23-6-7-23)34-36-30-18-29-25(16-31(30)37(34)2)10-13-39(35(29)43)20-27-21-47-15-14-41(27)48(44,45)46/h3-5,16-18,23-24,27H,6-15,19-21H2,1-2H3,(H,44,45,46). The van der Waals surface area contributed by atoms with E-state index < -0.39 is 16.3 Å². The Kier molecular flexibility index (Phi) is 7.85. The van der Waals surface area contributed by atoms with Crippen LogP contribution in [0.1, 0.15) is 60.0 Å². The molecule has 1 aliphatic carbocycles. The first kappa shape index (κ1) is 31.5. The molecule has 0 spiro atoms. The Morgan fingerprint density at radius 2 is 1.83 bits per heavy atom. The van der Waals surface area contributed by atoms with Gasteiger partial charge in [-0.3, -0.25) is 14.1 Å². The van der Waals surface area contributed by atoms with Crippen molar-refractivity contribution in [3.8, 4) is 11.5 Å². The first-order chi connectivity index (χ1) is 23.1. The lowest BCUT2D eigenvalue weighted by molar-refractivity contribution is -0.129. The van der Waals surface area contributed by atoms with E-state index in [4.69, 9.17) is 9.72 Å². The molecule has 254 valence electrons. The van der Waals surface area contributed by atoms with Gasteiger partial charge in [0.15, 0.2) is 5.82 Å². The maximum Gasteiger partial charge on any atom is 0.336 e. The van der Waals surface area contributed by atoms with E-state index in [0.717, 1.165) is 64.9 Å². The zero-order valence-electron chi connectivity index (χ0n) is 27.5. The predicted octanol–water partition coefficient (Wildman–Crippen LogP) is 3.83. The zero-order chi connectivity index (χ0) is 33.3. The second-order valence-electron chi connectivity index (χ2n) is 14.0. The molecule has 0 bridgehead atoms. The van der Waals surface area contributed by atoms with Crippen LogP contribution < -0.4 is 0 Å². The number of hydrogen-bond acceptors (Lipinski definition) is 6. The van der Waals surface area contributed by atoms with Crippen LogP contribution in [-0.4, -0.2) is 105 Å². The second kappa shape index (κ2) is 12.0. The van der Waals surface area contributed by atoms with Crippen molar-refractivity contribution in [2.75, 3.05) is 45.9 Å². The van der Waals surface area contributed by atoms with Crippen molar-refractivity contribution >= 4 is 44.1 Å². The highest BCUT2D eigenvalue weighted by molar-refractivity contribution is 7.83. The number of hydrogen-bond donors (Lipinski definition) is 1. The molecule has 1 saturated carbocycles. The highest BCUT2D eigenvalue weighted by Gasteiger charge is 2.36. The Balaban J connectivity index is 1.14. The van der Waals surface area contributed by atoms with Gasteiger partial charge in [0, 0.05) is 64.2 Å². The molecular formula is C35H42N6O6S. The van der Waals surface area contributed by atoms with E-state index in [-0.39, 0.29) is 38.1 Å². The molecule has 13 heteroatoms. The van der Waals surface area contributed by atoms with Crippen molar-refractivity contribution < 1.29 is 27.3 Å². The third-order valence-electron chi connectivity index (χ3n) is 10.9. The van der Waals surface area contributed by atoms with Gasteiger partial charge in [-0.2, -0.15) is 12.7 Å². The largest absolute Gasteiger partial charge is 0.378 e. The maximum absolute atomic E-state index is 13.8. The molecule has 1 N–H and O–H groups in total. The lowest BCUT2D eigenvalue weighted by Gasteiger charge is -2.37. The summed E-state index contributed by atoms with van der Waals surface area (Å²) in [4.78, 5) is 34.6. The number of ether oxygens (including phenoxy) is 1. The average molecular weight is 675 g/mol. The van der Waals surface area contributed by atoms with E-state index in [9.17, 15) is 22.6 Å². The molecule has 2 aromatic heterocycles. The number of piperidine rings is 1. The van der Waals surface area contributed by atoms with Gasteiger partial charge in [-0.05, 0) is 73.3 Å². The molecule has 12 nitrogen and oxygen atoms in total. The van der Waals surface area contributed by atoms with Crippen LogP contribution in [0.2, 0.25) is 0 Å². The Morgan fingerprint density at radius 1 is 1.04 bits per heavy atom. The molecule has 2 saturated heterocycles. The van der Waals surface area contributed by atoms with E-state index >= 15 is 0 Å². The fraction of sp³-hybridized carbons (Fsp3) is 0.514. The van der Waals surface area contributed by atoms with Crippen LogP contribution in [0.15, 0.2) is 36.4 Å². The molecule has 3 fully saturated rings. The number of fused-ring (bicyclic) bond motifs is 3. The first-order valence-corrected chi connectivity index (χ1v) is 18.4. The summed E-state index contributed by atoms with van der Waals surface area (Å²) >= 11 is 0. The topological polar surface area (TPSA) is 130 Å². The highest BCUT2D eigenvalue weighted by Crippen LogP contribution is 2.41. The van der Waals surface area contributed by atoms with Crippen LogP contribution in [0.3, 0.4) is 0 Å². The number of carbonyl (C=O) groups is 2. The van der Waals surface area contributed by atoms with Crippen LogP contribution in [0.5, 0.6) is 0 Å². The smallest absolute Gasteiger partial charge is 0.336 e. The third kappa shape index (κ3) is 5.60. The minimum atomic E-state index is -4.41. The number of aryl methyl sites for hydroxylation is 1. The molecule has 4 aliphatic rings. The number of para-hydroxylation sites is 1. The van der Waals surface area contributed by atoms with Crippen LogP contribution >= 0.6 is 0 Å². The summed E-state index contributed by atoms with van der Waals surface area (Å²) in [7, 11) is -2.37. The minimum absolute atomic E-state index is 0.0531. The summed E-state index contributed by atoms with van der Waals surface area (Å²) in [5.74, 6) is 1.86. The van der Waals surface area contributed by atoms with Gasteiger partial charge >= 0.3 is 10.3 Å². The Labute approximate surface area is 280 Å².